The van der Waals surface area contributed by atoms with Gasteiger partial charge in [-0.25, -0.2) is 0 Å². The van der Waals surface area contributed by atoms with Crippen molar-refractivity contribution in [2.45, 2.75) is 32.8 Å². The van der Waals surface area contributed by atoms with E-state index < -0.39 is 0 Å². The number of rotatable bonds is 3. The Bertz CT molecular complexity index is 171. The zero-order valence-corrected chi connectivity index (χ0v) is 8.10. The van der Waals surface area contributed by atoms with Gasteiger partial charge in [0.1, 0.15) is 0 Å². The van der Waals surface area contributed by atoms with E-state index in [0.717, 1.165) is 19.1 Å². The Morgan fingerprint density at radius 3 is 3.00 bits per heavy atom. The molecule has 0 aromatic rings. The van der Waals surface area contributed by atoms with Crippen LogP contribution in [0.2, 0.25) is 0 Å². The summed E-state index contributed by atoms with van der Waals surface area (Å²) in [4.78, 5) is 0. The second kappa shape index (κ2) is 3.00. The minimum absolute atomic E-state index is 0.515. The van der Waals surface area contributed by atoms with Gasteiger partial charge in [0, 0.05) is 12.0 Å². The van der Waals surface area contributed by atoms with Crippen LogP contribution in [-0.4, -0.2) is 25.8 Å². The van der Waals surface area contributed by atoms with Gasteiger partial charge in [0.25, 0.3) is 0 Å². The van der Waals surface area contributed by atoms with Crippen LogP contribution in [0, 0.1) is 11.3 Å². The molecular weight excluding hydrogens is 150 g/mol. The highest BCUT2D eigenvalue weighted by atomic mass is 16.5. The molecule has 2 nitrogen and oxygen atoms in total. The third-order valence-corrected chi connectivity index (χ3v) is 3.67. The monoisotopic (exact) mass is 169 g/mol. The number of nitrogens with one attached hydrogen (secondary N) is 1. The fourth-order valence-electron chi connectivity index (χ4n) is 2.59. The van der Waals surface area contributed by atoms with Crippen molar-refractivity contribution in [3.8, 4) is 0 Å². The summed E-state index contributed by atoms with van der Waals surface area (Å²) in [7, 11) is 0. The molecule has 0 aromatic carbocycles. The molecule has 1 saturated heterocycles. The topological polar surface area (TPSA) is 21.3 Å². The van der Waals surface area contributed by atoms with E-state index in [9.17, 15) is 0 Å². The van der Waals surface area contributed by atoms with Gasteiger partial charge < -0.3 is 10.1 Å². The van der Waals surface area contributed by atoms with Gasteiger partial charge in [-0.1, -0.05) is 6.92 Å². The largest absolute Gasteiger partial charge is 0.378 e. The highest BCUT2D eigenvalue weighted by Crippen LogP contribution is 2.60. The van der Waals surface area contributed by atoms with E-state index in [2.05, 4.69) is 19.2 Å². The smallest absolute Gasteiger partial charge is 0.0607 e. The third-order valence-electron chi connectivity index (χ3n) is 3.67. The molecule has 1 spiro atoms. The fraction of sp³-hybridized carbons (Fsp3) is 1.00. The molecule has 1 N–H and O–H groups in total. The maximum Gasteiger partial charge on any atom is 0.0607 e. The standard InChI is InChI=1S/C10H19NO/c1-3-11-7-9-6-10(9)4-5-12-8(10)2/h8-9,11H,3-7H2,1-2H3. The van der Waals surface area contributed by atoms with Gasteiger partial charge in [0.15, 0.2) is 0 Å². The van der Waals surface area contributed by atoms with Crippen LogP contribution in [0.5, 0.6) is 0 Å². The summed E-state index contributed by atoms with van der Waals surface area (Å²) in [5.74, 6) is 0.898. The summed E-state index contributed by atoms with van der Waals surface area (Å²) >= 11 is 0. The van der Waals surface area contributed by atoms with Crippen LogP contribution in [0.4, 0.5) is 0 Å². The van der Waals surface area contributed by atoms with Crippen LogP contribution in [-0.2, 0) is 4.74 Å². The van der Waals surface area contributed by atoms with Gasteiger partial charge in [-0.05, 0) is 38.8 Å². The summed E-state index contributed by atoms with van der Waals surface area (Å²) < 4.78 is 5.61. The van der Waals surface area contributed by atoms with Crippen molar-refractivity contribution in [3.05, 3.63) is 0 Å². The molecule has 0 amide bonds. The van der Waals surface area contributed by atoms with Gasteiger partial charge in [0.05, 0.1) is 6.10 Å². The van der Waals surface area contributed by atoms with Crippen LogP contribution in [0.25, 0.3) is 0 Å². The highest BCUT2D eigenvalue weighted by Gasteiger charge is 2.59. The van der Waals surface area contributed by atoms with E-state index in [4.69, 9.17) is 4.74 Å². The lowest BCUT2D eigenvalue weighted by molar-refractivity contribution is 0.0952. The Hall–Kier alpha value is -0.0800. The molecule has 1 aliphatic carbocycles. The fourth-order valence-corrected chi connectivity index (χ4v) is 2.59. The third kappa shape index (κ3) is 1.17. The summed E-state index contributed by atoms with van der Waals surface area (Å²) in [6, 6.07) is 0. The van der Waals surface area contributed by atoms with Crippen LogP contribution in [0.1, 0.15) is 26.7 Å². The van der Waals surface area contributed by atoms with E-state index in [0.29, 0.717) is 11.5 Å². The molecule has 2 aliphatic rings. The predicted molar refractivity (Wildman–Crippen MR) is 49.1 cm³/mol. The Labute approximate surface area is 74.7 Å². The average molecular weight is 169 g/mol. The second-order valence-corrected chi connectivity index (χ2v) is 4.20. The summed E-state index contributed by atoms with van der Waals surface area (Å²) in [5.41, 5.74) is 0.585. The molecule has 3 atom stereocenters. The van der Waals surface area contributed by atoms with Crippen LogP contribution in [0.15, 0.2) is 0 Å². The maximum atomic E-state index is 5.61. The first kappa shape index (κ1) is 8.52. The van der Waals surface area contributed by atoms with Crippen molar-refractivity contribution in [2.24, 2.45) is 11.3 Å². The number of hydrogen-bond acceptors (Lipinski definition) is 2. The first-order valence-electron chi connectivity index (χ1n) is 5.12. The molecular formula is C10H19NO. The first-order valence-corrected chi connectivity index (χ1v) is 5.12. The zero-order chi connectivity index (χ0) is 8.60. The first-order chi connectivity index (χ1) is 5.79. The summed E-state index contributed by atoms with van der Waals surface area (Å²) in [6.45, 7) is 7.69. The molecule has 0 bridgehead atoms. The van der Waals surface area contributed by atoms with E-state index >= 15 is 0 Å². The van der Waals surface area contributed by atoms with Gasteiger partial charge in [-0.15, -0.1) is 0 Å². The maximum absolute atomic E-state index is 5.61. The minimum Gasteiger partial charge on any atom is -0.378 e. The highest BCUT2D eigenvalue weighted by molar-refractivity contribution is 5.08. The van der Waals surface area contributed by atoms with Gasteiger partial charge in [0.2, 0.25) is 0 Å². The Kier molecular flexibility index (Phi) is 2.13. The molecule has 1 saturated carbocycles. The normalized spacial score (nSPS) is 45.5. The van der Waals surface area contributed by atoms with Crippen molar-refractivity contribution < 1.29 is 4.74 Å². The Balaban J connectivity index is 1.83. The lowest BCUT2D eigenvalue weighted by atomic mass is 9.96. The zero-order valence-electron chi connectivity index (χ0n) is 8.10. The van der Waals surface area contributed by atoms with Gasteiger partial charge >= 0.3 is 0 Å². The number of ether oxygens (including phenoxy) is 1. The van der Waals surface area contributed by atoms with Crippen LogP contribution in [0.3, 0.4) is 0 Å². The molecule has 3 unspecified atom stereocenters. The lowest BCUT2D eigenvalue weighted by Gasteiger charge is -2.13. The molecule has 0 aromatic heterocycles. The lowest BCUT2D eigenvalue weighted by Crippen LogP contribution is -2.22. The van der Waals surface area contributed by atoms with Crippen molar-refractivity contribution in [1.29, 1.82) is 0 Å². The molecule has 0 radical (unpaired) electrons. The molecule has 2 fully saturated rings. The van der Waals surface area contributed by atoms with E-state index in [1.165, 1.54) is 19.4 Å². The Morgan fingerprint density at radius 1 is 1.58 bits per heavy atom. The van der Waals surface area contributed by atoms with Crippen molar-refractivity contribution in [2.75, 3.05) is 19.7 Å². The number of hydrogen-bond donors (Lipinski definition) is 1. The molecule has 70 valence electrons. The SMILES string of the molecule is CCNCC1CC12CCOC2C. The van der Waals surface area contributed by atoms with Crippen molar-refractivity contribution >= 4 is 0 Å². The van der Waals surface area contributed by atoms with Crippen molar-refractivity contribution in [1.82, 2.24) is 5.32 Å². The molecule has 1 heterocycles. The summed E-state index contributed by atoms with van der Waals surface area (Å²) in [6.07, 6.45) is 3.20. The van der Waals surface area contributed by atoms with Crippen LogP contribution < -0.4 is 5.32 Å². The van der Waals surface area contributed by atoms with Crippen molar-refractivity contribution in [3.63, 3.8) is 0 Å². The predicted octanol–water partition coefficient (Wildman–Crippen LogP) is 1.41. The van der Waals surface area contributed by atoms with E-state index in [-0.39, 0.29) is 0 Å². The molecule has 1 aliphatic heterocycles. The van der Waals surface area contributed by atoms with Gasteiger partial charge in [-0.3, -0.25) is 0 Å². The quantitative estimate of drug-likeness (QED) is 0.689. The van der Waals surface area contributed by atoms with E-state index in [1.807, 2.05) is 0 Å². The van der Waals surface area contributed by atoms with Crippen LogP contribution >= 0.6 is 0 Å². The van der Waals surface area contributed by atoms with E-state index in [1.54, 1.807) is 0 Å². The molecule has 12 heavy (non-hydrogen) atoms. The van der Waals surface area contributed by atoms with Gasteiger partial charge in [-0.2, -0.15) is 0 Å². The minimum atomic E-state index is 0.515. The summed E-state index contributed by atoms with van der Waals surface area (Å²) in [5, 5.41) is 3.43. The Morgan fingerprint density at radius 2 is 2.42 bits per heavy atom. The molecule has 2 heteroatoms. The second-order valence-electron chi connectivity index (χ2n) is 4.20. The molecule has 2 rings (SSSR count). The average Bonchev–Trinajstić information content (AvgIpc) is 2.64.